The van der Waals surface area contributed by atoms with Crippen LogP contribution in [0.5, 0.6) is 0 Å². The minimum absolute atomic E-state index is 0.128. The Labute approximate surface area is 139 Å². The number of hydrogen-bond acceptors (Lipinski definition) is 5. The Balaban J connectivity index is 1.89. The molecule has 3 rings (SSSR count). The van der Waals surface area contributed by atoms with Crippen molar-refractivity contribution in [2.75, 3.05) is 20.2 Å². The number of carbonyl (C=O) groups excluding carboxylic acids is 1. The number of halogens is 1. The second-order valence-corrected chi connectivity index (χ2v) is 7.11. The van der Waals surface area contributed by atoms with E-state index in [2.05, 4.69) is 4.90 Å². The van der Waals surface area contributed by atoms with E-state index < -0.39 is 6.29 Å². The molecule has 2 heterocycles. The molecule has 6 heteroatoms. The van der Waals surface area contributed by atoms with E-state index >= 15 is 0 Å². The zero-order valence-corrected chi connectivity index (χ0v) is 13.8. The topological polar surface area (TPSA) is 49.8 Å². The Kier molecular flexibility index (Phi) is 4.90. The molecule has 2 aliphatic heterocycles. The highest BCUT2D eigenvalue weighted by Crippen LogP contribution is 2.39. The first-order valence-corrected chi connectivity index (χ1v) is 8.46. The highest BCUT2D eigenvalue weighted by Gasteiger charge is 2.37. The van der Waals surface area contributed by atoms with Gasteiger partial charge in [0.25, 0.3) is 0 Å². The number of rotatable bonds is 4. The molecule has 1 N–H and O–H groups in total. The number of thioether (sulfide) groups is 1. The van der Waals surface area contributed by atoms with Crippen LogP contribution in [-0.2, 0) is 9.53 Å². The number of piperidine rings is 1. The predicted molar refractivity (Wildman–Crippen MR) is 87.9 cm³/mol. The second-order valence-electron chi connectivity index (χ2n) is 5.50. The molecule has 2 aliphatic rings. The van der Waals surface area contributed by atoms with Gasteiger partial charge in [-0.2, -0.15) is 0 Å². The van der Waals surface area contributed by atoms with E-state index in [1.54, 1.807) is 6.08 Å². The molecule has 0 amide bonds. The lowest BCUT2D eigenvalue weighted by Crippen LogP contribution is -2.43. The van der Waals surface area contributed by atoms with Crippen LogP contribution in [-0.4, -0.2) is 46.9 Å². The average molecular weight is 340 g/mol. The Morgan fingerprint density at radius 2 is 2.23 bits per heavy atom. The fraction of sp³-hybridized carbons (Fsp3) is 0.438. The highest BCUT2D eigenvalue weighted by atomic mass is 35.5. The smallest absolute Gasteiger partial charge is 0.212 e. The van der Waals surface area contributed by atoms with Crippen LogP contribution in [0.25, 0.3) is 0 Å². The summed E-state index contributed by atoms with van der Waals surface area (Å²) in [4.78, 5) is 13.7. The van der Waals surface area contributed by atoms with E-state index in [0.717, 1.165) is 24.1 Å². The molecule has 0 bridgehead atoms. The number of nitrogens with zero attached hydrogens (tertiary/aromatic N) is 1. The second kappa shape index (κ2) is 6.72. The van der Waals surface area contributed by atoms with E-state index in [1.807, 2.05) is 24.3 Å². The molecule has 3 atom stereocenters. The molecule has 1 saturated heterocycles. The molecule has 118 valence electrons. The van der Waals surface area contributed by atoms with Crippen molar-refractivity contribution in [3.63, 3.8) is 0 Å². The fourth-order valence-corrected chi connectivity index (χ4v) is 4.36. The maximum absolute atomic E-state index is 11.6. The lowest BCUT2D eigenvalue weighted by Gasteiger charge is -2.39. The molecule has 0 radical (unpaired) electrons. The molecule has 1 aromatic rings. The van der Waals surface area contributed by atoms with Gasteiger partial charge in [-0.1, -0.05) is 41.6 Å². The number of carbonyl (C=O) groups is 1. The van der Waals surface area contributed by atoms with Crippen molar-refractivity contribution in [1.29, 1.82) is 0 Å². The quantitative estimate of drug-likeness (QED) is 0.855. The van der Waals surface area contributed by atoms with Crippen molar-refractivity contribution in [3.05, 3.63) is 46.5 Å². The largest absolute Gasteiger partial charge is 0.366 e. The first-order chi connectivity index (χ1) is 10.6. The molecule has 1 aromatic carbocycles. The van der Waals surface area contributed by atoms with Gasteiger partial charge in [-0.25, -0.2) is 0 Å². The summed E-state index contributed by atoms with van der Waals surface area (Å²) in [6, 6.07) is 7.14. The third-order valence-electron chi connectivity index (χ3n) is 4.17. The summed E-state index contributed by atoms with van der Waals surface area (Å²) < 4.78 is 5.17. The molecule has 0 spiro atoms. The van der Waals surface area contributed by atoms with Gasteiger partial charge in [-0.3, -0.25) is 9.69 Å². The number of methoxy groups -OCH3 is 1. The van der Waals surface area contributed by atoms with Gasteiger partial charge in [0.05, 0.1) is 6.04 Å². The van der Waals surface area contributed by atoms with Gasteiger partial charge in [0.2, 0.25) is 5.12 Å². The van der Waals surface area contributed by atoms with Crippen molar-refractivity contribution in [1.82, 2.24) is 4.90 Å². The van der Waals surface area contributed by atoms with Crippen LogP contribution in [0, 0.1) is 0 Å². The van der Waals surface area contributed by atoms with E-state index in [1.165, 1.54) is 18.9 Å². The van der Waals surface area contributed by atoms with Crippen LogP contribution in [0.1, 0.15) is 18.0 Å². The Hall–Kier alpha value is -0.850. The average Bonchev–Trinajstić information content (AvgIpc) is 2.88. The van der Waals surface area contributed by atoms with Crippen LogP contribution in [0.4, 0.5) is 0 Å². The lowest BCUT2D eigenvalue weighted by molar-refractivity contribution is -0.127. The van der Waals surface area contributed by atoms with Crippen LogP contribution >= 0.6 is 23.4 Å². The summed E-state index contributed by atoms with van der Waals surface area (Å²) in [5, 5.41) is 11.3. The van der Waals surface area contributed by atoms with E-state index in [9.17, 15) is 9.90 Å². The summed E-state index contributed by atoms with van der Waals surface area (Å²) in [6.45, 7) is 1.44. The molecule has 0 aromatic heterocycles. The minimum Gasteiger partial charge on any atom is -0.366 e. The van der Waals surface area contributed by atoms with Gasteiger partial charge in [-0.05, 0) is 29.7 Å². The van der Waals surface area contributed by atoms with Gasteiger partial charge in [0.1, 0.15) is 0 Å². The number of ether oxygens (including phenoxy) is 1. The van der Waals surface area contributed by atoms with Crippen molar-refractivity contribution in [3.8, 4) is 0 Å². The maximum Gasteiger partial charge on any atom is 0.212 e. The van der Waals surface area contributed by atoms with Gasteiger partial charge in [0, 0.05) is 30.5 Å². The molecule has 22 heavy (non-hydrogen) atoms. The van der Waals surface area contributed by atoms with Gasteiger partial charge < -0.3 is 9.84 Å². The summed E-state index contributed by atoms with van der Waals surface area (Å²) in [5.41, 5.74) is 1.97. The van der Waals surface area contributed by atoms with E-state index in [-0.39, 0.29) is 16.4 Å². The lowest BCUT2D eigenvalue weighted by atomic mass is 9.98. The Morgan fingerprint density at radius 3 is 2.95 bits per heavy atom. The van der Waals surface area contributed by atoms with Gasteiger partial charge in [0.15, 0.2) is 6.29 Å². The molecule has 0 saturated carbocycles. The summed E-state index contributed by atoms with van der Waals surface area (Å²) in [5.74, 6) is 0. The fourth-order valence-electron chi connectivity index (χ4n) is 3.09. The van der Waals surface area contributed by atoms with Crippen molar-refractivity contribution in [2.24, 2.45) is 0 Å². The summed E-state index contributed by atoms with van der Waals surface area (Å²) in [7, 11) is 1.48. The predicted octanol–water partition coefficient (Wildman–Crippen LogP) is 2.62. The molecule has 4 nitrogen and oxygen atoms in total. The van der Waals surface area contributed by atoms with Crippen LogP contribution in [0.2, 0.25) is 5.02 Å². The zero-order chi connectivity index (χ0) is 15.7. The number of aliphatic hydroxyl groups is 1. The SMILES string of the molecule is CO[C@H](O)C(c1ccccc1Cl)N1CCC2SC(=O)C=C2C1. The van der Waals surface area contributed by atoms with Crippen molar-refractivity contribution >= 4 is 28.5 Å². The maximum atomic E-state index is 11.6. The van der Waals surface area contributed by atoms with Crippen LogP contribution in [0.3, 0.4) is 0 Å². The Morgan fingerprint density at radius 1 is 1.45 bits per heavy atom. The van der Waals surface area contributed by atoms with Gasteiger partial charge >= 0.3 is 0 Å². The number of likely N-dealkylation sites (tertiary alicyclic amines) is 1. The first kappa shape index (κ1) is 16.0. The standard InChI is InChI=1S/C16H18ClNO3S/c1-21-16(20)15(11-4-2-3-5-12(11)17)18-7-6-13-10(9-18)8-14(19)22-13/h2-5,8,13,15-16,20H,6-7,9H2,1H3/t13?,15?,16-/m0/s1. The first-order valence-electron chi connectivity index (χ1n) is 7.20. The zero-order valence-electron chi connectivity index (χ0n) is 12.2. The summed E-state index contributed by atoms with van der Waals surface area (Å²) >= 11 is 7.71. The Bertz CT molecular complexity index is 607. The third kappa shape index (κ3) is 3.09. The molecular weight excluding hydrogens is 322 g/mol. The third-order valence-corrected chi connectivity index (χ3v) is 5.69. The summed E-state index contributed by atoms with van der Waals surface area (Å²) in [6.07, 6.45) is 1.64. The number of fused-ring (bicyclic) bond motifs is 1. The van der Waals surface area contributed by atoms with E-state index in [0.29, 0.717) is 11.6 Å². The highest BCUT2D eigenvalue weighted by molar-refractivity contribution is 8.15. The molecule has 2 unspecified atom stereocenters. The number of benzene rings is 1. The van der Waals surface area contributed by atoms with Crippen molar-refractivity contribution < 1.29 is 14.6 Å². The monoisotopic (exact) mass is 339 g/mol. The number of aliphatic hydroxyl groups excluding tert-OH is 1. The molecule has 1 fully saturated rings. The normalized spacial score (nSPS) is 24.8. The molecule has 0 aliphatic carbocycles. The molecular formula is C16H18ClNO3S. The van der Waals surface area contributed by atoms with Crippen molar-refractivity contribution in [2.45, 2.75) is 24.0 Å². The van der Waals surface area contributed by atoms with E-state index in [4.69, 9.17) is 16.3 Å². The van der Waals surface area contributed by atoms with Crippen LogP contribution in [0.15, 0.2) is 35.9 Å². The number of hydrogen-bond donors (Lipinski definition) is 1. The van der Waals surface area contributed by atoms with Crippen LogP contribution < -0.4 is 0 Å². The minimum atomic E-state index is -0.971. The van der Waals surface area contributed by atoms with Gasteiger partial charge in [-0.15, -0.1) is 0 Å².